The van der Waals surface area contributed by atoms with Crippen molar-refractivity contribution < 1.29 is 19.4 Å². The van der Waals surface area contributed by atoms with Gasteiger partial charge in [-0.15, -0.1) is 0 Å². The molecule has 1 N–H and O–H groups in total. The normalized spacial score (nSPS) is 22.6. The molecule has 0 bridgehead atoms. The molecule has 1 saturated heterocycles. The molecule has 2 aromatic heterocycles. The first-order chi connectivity index (χ1) is 12.6. The highest BCUT2D eigenvalue weighted by Gasteiger charge is 2.36. The van der Waals surface area contributed by atoms with E-state index in [0.717, 1.165) is 0 Å². The fourth-order valence-electron chi connectivity index (χ4n) is 2.89. The summed E-state index contributed by atoms with van der Waals surface area (Å²) in [5.74, 6) is -0.461. The van der Waals surface area contributed by atoms with E-state index in [2.05, 4.69) is 15.0 Å². The lowest BCUT2D eigenvalue weighted by atomic mass is 10.2. The summed E-state index contributed by atoms with van der Waals surface area (Å²) >= 11 is 6.00. The lowest BCUT2D eigenvalue weighted by Crippen LogP contribution is -2.28. The summed E-state index contributed by atoms with van der Waals surface area (Å²) < 4.78 is 12.8. The van der Waals surface area contributed by atoms with Crippen molar-refractivity contribution in [3.63, 3.8) is 0 Å². The molecule has 1 aliphatic rings. The van der Waals surface area contributed by atoms with Crippen LogP contribution in [0.4, 0.5) is 0 Å². The number of hydrogen-bond acceptors (Lipinski definition) is 7. The van der Waals surface area contributed by atoms with Crippen LogP contribution in [0.3, 0.4) is 0 Å². The molecule has 0 aliphatic carbocycles. The van der Waals surface area contributed by atoms with Crippen LogP contribution in [0.1, 0.15) is 23.0 Å². The third-order valence-corrected chi connectivity index (χ3v) is 4.49. The van der Waals surface area contributed by atoms with E-state index in [1.54, 1.807) is 35.2 Å². The topological polar surface area (TPSA) is 99.4 Å². The maximum atomic E-state index is 12.0. The number of imidazole rings is 1. The second-order valence-corrected chi connectivity index (χ2v) is 6.24. The molecule has 0 saturated carbocycles. The Morgan fingerprint density at radius 3 is 2.92 bits per heavy atom. The molecule has 0 amide bonds. The molecule has 0 spiro atoms. The largest absolute Gasteiger partial charge is 0.459 e. The summed E-state index contributed by atoms with van der Waals surface area (Å²) in [5.41, 5.74) is 1.43. The number of benzene rings is 1. The number of aliphatic hydroxyl groups excluding tert-OH is 1. The molecular weight excluding hydrogens is 360 g/mol. The summed E-state index contributed by atoms with van der Waals surface area (Å²) in [6.07, 6.45) is 1.30. The van der Waals surface area contributed by atoms with E-state index in [4.69, 9.17) is 21.1 Å². The number of rotatable bonds is 4. The number of aliphatic hydroxyl groups is 1. The molecule has 1 aromatic carbocycles. The first kappa shape index (κ1) is 16.9. The number of hydrogen-bond donors (Lipinski definition) is 1. The van der Waals surface area contributed by atoms with Gasteiger partial charge in [-0.1, -0.05) is 29.8 Å². The molecule has 4 rings (SSSR count). The van der Waals surface area contributed by atoms with Crippen molar-refractivity contribution in [3.8, 4) is 0 Å². The van der Waals surface area contributed by atoms with Gasteiger partial charge in [-0.05, 0) is 12.1 Å². The minimum atomic E-state index is -0.779. The van der Waals surface area contributed by atoms with Gasteiger partial charge in [0.2, 0.25) is 0 Å². The molecule has 9 heteroatoms. The molecular formula is C17H15ClN4O4. The number of nitrogens with zero attached hydrogens (tertiary/aromatic N) is 4. The molecule has 134 valence electrons. The average Bonchev–Trinajstić information content (AvgIpc) is 3.25. The van der Waals surface area contributed by atoms with E-state index in [0.29, 0.717) is 23.1 Å². The smallest absolute Gasteiger partial charge is 0.338 e. The minimum Gasteiger partial charge on any atom is -0.459 e. The van der Waals surface area contributed by atoms with Crippen molar-refractivity contribution in [3.05, 3.63) is 53.7 Å². The Morgan fingerprint density at radius 2 is 2.12 bits per heavy atom. The molecule has 3 aromatic rings. The van der Waals surface area contributed by atoms with Gasteiger partial charge in [-0.25, -0.2) is 19.7 Å². The van der Waals surface area contributed by atoms with E-state index in [9.17, 15) is 9.90 Å². The van der Waals surface area contributed by atoms with Gasteiger partial charge in [0.05, 0.1) is 18.0 Å². The molecule has 0 unspecified atom stereocenters. The van der Waals surface area contributed by atoms with Gasteiger partial charge in [0.25, 0.3) is 0 Å². The molecule has 3 atom stereocenters. The third kappa shape index (κ3) is 3.14. The maximum absolute atomic E-state index is 12.0. The fraction of sp³-hybridized carbons (Fsp3) is 0.294. The highest BCUT2D eigenvalue weighted by Crippen LogP contribution is 2.31. The van der Waals surface area contributed by atoms with E-state index >= 15 is 0 Å². The van der Waals surface area contributed by atoms with Gasteiger partial charge >= 0.3 is 5.97 Å². The lowest BCUT2D eigenvalue weighted by molar-refractivity contribution is -0.0509. The first-order valence-electron chi connectivity index (χ1n) is 8.02. The van der Waals surface area contributed by atoms with Gasteiger partial charge < -0.3 is 14.6 Å². The summed E-state index contributed by atoms with van der Waals surface area (Å²) in [4.78, 5) is 24.3. The van der Waals surface area contributed by atoms with Crippen LogP contribution in [-0.2, 0) is 9.47 Å². The summed E-state index contributed by atoms with van der Waals surface area (Å²) in [6, 6.07) is 8.65. The lowest BCUT2D eigenvalue weighted by Gasteiger charge is -2.16. The zero-order valence-electron chi connectivity index (χ0n) is 13.5. The summed E-state index contributed by atoms with van der Waals surface area (Å²) in [6.45, 7) is -0.0479. The highest BCUT2D eigenvalue weighted by atomic mass is 35.5. The van der Waals surface area contributed by atoms with E-state index < -0.39 is 24.4 Å². The van der Waals surface area contributed by atoms with Gasteiger partial charge in [0.1, 0.15) is 30.8 Å². The molecule has 1 aliphatic heterocycles. The van der Waals surface area contributed by atoms with Crippen molar-refractivity contribution in [2.45, 2.75) is 24.9 Å². The van der Waals surface area contributed by atoms with Gasteiger partial charge in [0.15, 0.2) is 10.8 Å². The summed E-state index contributed by atoms with van der Waals surface area (Å²) in [5, 5.41) is 10.5. The Kier molecular flexibility index (Phi) is 4.54. The van der Waals surface area contributed by atoms with Crippen molar-refractivity contribution in [2.24, 2.45) is 0 Å². The standard InChI is InChI=1S/C17H15ClN4O4/c18-15-14-16(20-8-19-15)22(9-21-14)13-6-11(23)12(26-13)7-25-17(24)10-4-2-1-3-5-10/h1-5,8-9,11-13,23H,6-7H2/t11-,12+,13+/m0/s1. The Labute approximate surface area is 153 Å². The van der Waals surface area contributed by atoms with E-state index in [1.807, 2.05) is 6.07 Å². The second kappa shape index (κ2) is 6.99. The van der Waals surface area contributed by atoms with E-state index in [-0.39, 0.29) is 11.8 Å². The Hall–Kier alpha value is -2.55. The van der Waals surface area contributed by atoms with Crippen LogP contribution in [0.25, 0.3) is 11.2 Å². The number of esters is 1. The average molecular weight is 375 g/mol. The predicted octanol–water partition coefficient (Wildman–Crippen LogP) is 1.99. The number of fused-ring (bicyclic) bond motifs is 1. The van der Waals surface area contributed by atoms with Gasteiger partial charge in [-0.3, -0.25) is 4.57 Å². The summed E-state index contributed by atoms with van der Waals surface area (Å²) in [7, 11) is 0. The quantitative estimate of drug-likeness (QED) is 0.550. The van der Waals surface area contributed by atoms with Crippen LogP contribution < -0.4 is 0 Å². The zero-order valence-corrected chi connectivity index (χ0v) is 14.3. The van der Waals surface area contributed by atoms with Crippen LogP contribution in [0.15, 0.2) is 43.0 Å². The molecule has 0 radical (unpaired) electrons. The van der Waals surface area contributed by atoms with E-state index in [1.165, 1.54) is 6.33 Å². The van der Waals surface area contributed by atoms with Crippen molar-refractivity contribution >= 4 is 28.7 Å². The zero-order chi connectivity index (χ0) is 18.1. The molecule has 3 heterocycles. The van der Waals surface area contributed by atoms with Crippen molar-refractivity contribution in [1.29, 1.82) is 0 Å². The van der Waals surface area contributed by atoms with Crippen molar-refractivity contribution in [2.75, 3.05) is 6.61 Å². The van der Waals surface area contributed by atoms with Gasteiger partial charge in [0, 0.05) is 6.42 Å². The number of aromatic nitrogens is 4. The Balaban J connectivity index is 1.44. The molecule has 8 nitrogen and oxygen atoms in total. The minimum absolute atomic E-state index is 0.0479. The first-order valence-corrected chi connectivity index (χ1v) is 8.40. The SMILES string of the molecule is O=C(OC[C@H]1O[C@@H](n2cnc3c(Cl)ncnc32)C[C@@H]1O)c1ccccc1. The monoisotopic (exact) mass is 374 g/mol. The van der Waals surface area contributed by atoms with Crippen molar-refractivity contribution in [1.82, 2.24) is 19.5 Å². The van der Waals surface area contributed by atoms with Crippen LogP contribution in [0.5, 0.6) is 0 Å². The third-order valence-electron chi connectivity index (χ3n) is 4.22. The van der Waals surface area contributed by atoms with Crippen LogP contribution in [0, 0.1) is 0 Å². The number of carbonyl (C=O) groups is 1. The fourth-order valence-corrected chi connectivity index (χ4v) is 3.06. The number of carbonyl (C=O) groups excluding carboxylic acids is 1. The number of halogens is 1. The molecule has 26 heavy (non-hydrogen) atoms. The van der Waals surface area contributed by atoms with Gasteiger partial charge in [-0.2, -0.15) is 0 Å². The van der Waals surface area contributed by atoms with Crippen LogP contribution in [0.2, 0.25) is 5.15 Å². The molecule has 1 fully saturated rings. The number of ether oxygens (including phenoxy) is 2. The van der Waals surface area contributed by atoms with Crippen LogP contribution in [-0.4, -0.2) is 49.4 Å². The van der Waals surface area contributed by atoms with Crippen LogP contribution >= 0.6 is 11.6 Å². The second-order valence-electron chi connectivity index (χ2n) is 5.89. The predicted molar refractivity (Wildman–Crippen MR) is 91.6 cm³/mol. The maximum Gasteiger partial charge on any atom is 0.338 e. The Morgan fingerprint density at radius 1 is 1.31 bits per heavy atom. The Bertz CT molecular complexity index is 933. The highest BCUT2D eigenvalue weighted by molar-refractivity contribution is 6.33.